The molecule has 84 valence electrons. The summed E-state index contributed by atoms with van der Waals surface area (Å²) < 4.78 is 1.11. The van der Waals surface area contributed by atoms with Gasteiger partial charge < -0.3 is 5.73 Å². The lowest BCUT2D eigenvalue weighted by atomic mass is 10.2. The van der Waals surface area contributed by atoms with Crippen molar-refractivity contribution in [1.29, 1.82) is 0 Å². The summed E-state index contributed by atoms with van der Waals surface area (Å²) in [5.41, 5.74) is 9.58. The van der Waals surface area contributed by atoms with Gasteiger partial charge in [0.25, 0.3) is 0 Å². The van der Waals surface area contributed by atoms with Crippen LogP contribution in [0, 0.1) is 6.92 Å². The van der Waals surface area contributed by atoms with Crippen molar-refractivity contribution in [2.45, 2.75) is 6.92 Å². The summed E-state index contributed by atoms with van der Waals surface area (Å²) >= 11 is 1.64. The highest BCUT2D eigenvalue weighted by molar-refractivity contribution is 7.21. The molecule has 2 N–H and O–H groups in total. The molecule has 0 aliphatic rings. The van der Waals surface area contributed by atoms with Crippen LogP contribution < -0.4 is 5.73 Å². The highest BCUT2D eigenvalue weighted by atomic mass is 32.1. The molecular formula is C13H11N3S. The summed E-state index contributed by atoms with van der Waals surface area (Å²) in [5, 5.41) is 0.984. The van der Waals surface area contributed by atoms with E-state index in [4.69, 9.17) is 5.73 Å². The van der Waals surface area contributed by atoms with Gasteiger partial charge in [0.1, 0.15) is 5.01 Å². The van der Waals surface area contributed by atoms with Gasteiger partial charge >= 0.3 is 0 Å². The van der Waals surface area contributed by atoms with E-state index in [0.29, 0.717) is 0 Å². The minimum atomic E-state index is 0.773. The molecule has 0 saturated heterocycles. The SMILES string of the molecule is Cc1ccc(-c2nc3ccc(N)cc3s2)cn1. The number of nitrogen functional groups attached to an aromatic ring is 1. The number of benzene rings is 1. The maximum Gasteiger partial charge on any atom is 0.126 e. The monoisotopic (exact) mass is 241 g/mol. The largest absolute Gasteiger partial charge is 0.399 e. The first kappa shape index (κ1) is 10.2. The van der Waals surface area contributed by atoms with E-state index in [0.717, 1.165) is 32.2 Å². The van der Waals surface area contributed by atoms with Crippen molar-refractivity contribution in [1.82, 2.24) is 9.97 Å². The van der Waals surface area contributed by atoms with Crippen LogP contribution in [0.3, 0.4) is 0 Å². The average Bonchev–Trinajstić information content (AvgIpc) is 2.72. The van der Waals surface area contributed by atoms with Crippen LogP contribution >= 0.6 is 11.3 Å². The first-order valence-electron chi connectivity index (χ1n) is 5.31. The van der Waals surface area contributed by atoms with E-state index >= 15 is 0 Å². The molecule has 17 heavy (non-hydrogen) atoms. The number of nitrogens with zero attached hydrogens (tertiary/aromatic N) is 2. The van der Waals surface area contributed by atoms with E-state index in [-0.39, 0.29) is 0 Å². The Morgan fingerprint density at radius 1 is 1.18 bits per heavy atom. The lowest BCUT2D eigenvalue weighted by molar-refractivity contribution is 1.20. The molecule has 3 nitrogen and oxygen atoms in total. The number of pyridine rings is 1. The molecule has 3 rings (SSSR count). The van der Waals surface area contributed by atoms with Crippen LogP contribution in [0.15, 0.2) is 36.5 Å². The van der Waals surface area contributed by atoms with Crippen molar-refractivity contribution in [2.24, 2.45) is 0 Å². The van der Waals surface area contributed by atoms with Gasteiger partial charge in [-0.1, -0.05) is 0 Å². The van der Waals surface area contributed by atoms with E-state index in [9.17, 15) is 0 Å². The molecule has 0 aliphatic carbocycles. The Hall–Kier alpha value is -1.94. The number of hydrogen-bond acceptors (Lipinski definition) is 4. The maximum absolute atomic E-state index is 5.76. The molecule has 2 aromatic heterocycles. The van der Waals surface area contributed by atoms with Gasteiger partial charge in [-0.25, -0.2) is 4.98 Å². The molecule has 0 aliphatic heterocycles. The summed E-state index contributed by atoms with van der Waals surface area (Å²) in [6, 6.07) is 9.82. The molecule has 4 heteroatoms. The third kappa shape index (κ3) is 1.87. The van der Waals surface area contributed by atoms with E-state index in [2.05, 4.69) is 9.97 Å². The molecule has 0 fully saturated rings. The summed E-state index contributed by atoms with van der Waals surface area (Å²) in [6.07, 6.45) is 1.86. The number of fused-ring (bicyclic) bond motifs is 1. The molecule has 0 spiro atoms. The third-order valence-electron chi connectivity index (χ3n) is 2.57. The molecule has 0 bridgehead atoms. The van der Waals surface area contributed by atoms with Gasteiger partial charge in [-0.05, 0) is 37.3 Å². The van der Waals surface area contributed by atoms with E-state index in [1.165, 1.54) is 0 Å². The fourth-order valence-corrected chi connectivity index (χ4v) is 2.66. The molecule has 0 unspecified atom stereocenters. The fourth-order valence-electron chi connectivity index (χ4n) is 1.66. The number of rotatable bonds is 1. The van der Waals surface area contributed by atoms with Gasteiger partial charge in [0.05, 0.1) is 10.2 Å². The van der Waals surface area contributed by atoms with Crippen molar-refractivity contribution in [3.63, 3.8) is 0 Å². The molecule has 2 heterocycles. The van der Waals surface area contributed by atoms with E-state index in [1.807, 2.05) is 43.5 Å². The average molecular weight is 241 g/mol. The van der Waals surface area contributed by atoms with Crippen molar-refractivity contribution in [3.05, 3.63) is 42.2 Å². The van der Waals surface area contributed by atoms with Gasteiger partial charge in [0.2, 0.25) is 0 Å². The Kier molecular flexibility index (Phi) is 2.30. The number of nitrogens with two attached hydrogens (primary N) is 1. The normalized spacial score (nSPS) is 10.9. The van der Waals surface area contributed by atoms with Gasteiger partial charge in [-0.2, -0.15) is 0 Å². The third-order valence-corrected chi connectivity index (χ3v) is 3.64. The molecular weight excluding hydrogens is 230 g/mol. The summed E-state index contributed by atoms with van der Waals surface area (Å²) in [4.78, 5) is 8.86. The molecule has 1 aromatic carbocycles. The standard InChI is InChI=1S/C13H11N3S/c1-8-2-3-9(7-15-8)13-16-11-5-4-10(14)6-12(11)17-13/h2-7H,14H2,1H3. The molecule has 0 radical (unpaired) electrons. The fraction of sp³-hybridized carbons (Fsp3) is 0.0769. The van der Waals surface area contributed by atoms with Gasteiger partial charge in [0, 0.05) is 23.1 Å². The molecule has 3 aromatic rings. The van der Waals surface area contributed by atoms with Crippen molar-refractivity contribution in [3.8, 4) is 10.6 Å². The highest BCUT2D eigenvalue weighted by Crippen LogP contribution is 2.30. The van der Waals surface area contributed by atoms with Gasteiger partial charge in [-0.3, -0.25) is 4.98 Å². The quantitative estimate of drug-likeness (QED) is 0.665. The zero-order valence-electron chi connectivity index (χ0n) is 9.34. The minimum absolute atomic E-state index is 0.773. The second-order valence-corrected chi connectivity index (χ2v) is 4.97. The van der Waals surface area contributed by atoms with Gasteiger partial charge in [-0.15, -0.1) is 11.3 Å². The van der Waals surface area contributed by atoms with Crippen LogP contribution in [0.4, 0.5) is 5.69 Å². The predicted molar refractivity (Wildman–Crippen MR) is 72.0 cm³/mol. The number of hydrogen-bond donors (Lipinski definition) is 1. The lowest BCUT2D eigenvalue weighted by Gasteiger charge is -1.95. The van der Waals surface area contributed by atoms with Crippen molar-refractivity contribution < 1.29 is 0 Å². The molecule has 0 saturated carbocycles. The number of aryl methyl sites for hydroxylation is 1. The Bertz CT molecular complexity index is 671. The topological polar surface area (TPSA) is 51.8 Å². The van der Waals surface area contributed by atoms with Crippen molar-refractivity contribution >= 4 is 27.2 Å². The lowest BCUT2D eigenvalue weighted by Crippen LogP contribution is -1.82. The van der Waals surface area contributed by atoms with Crippen LogP contribution in [0.5, 0.6) is 0 Å². The van der Waals surface area contributed by atoms with E-state index < -0.39 is 0 Å². The highest BCUT2D eigenvalue weighted by Gasteiger charge is 2.06. The molecule has 0 amide bonds. The van der Waals surface area contributed by atoms with Crippen molar-refractivity contribution in [2.75, 3.05) is 5.73 Å². The second-order valence-electron chi connectivity index (χ2n) is 3.93. The predicted octanol–water partition coefficient (Wildman–Crippen LogP) is 3.25. The number of aromatic nitrogens is 2. The number of anilines is 1. The Morgan fingerprint density at radius 3 is 2.82 bits per heavy atom. The van der Waals surface area contributed by atoms with Crippen LogP contribution in [0.1, 0.15) is 5.69 Å². The van der Waals surface area contributed by atoms with E-state index in [1.54, 1.807) is 11.3 Å². The van der Waals surface area contributed by atoms with Crippen LogP contribution in [-0.2, 0) is 0 Å². The smallest absolute Gasteiger partial charge is 0.126 e. The minimum Gasteiger partial charge on any atom is -0.399 e. The van der Waals surface area contributed by atoms with Gasteiger partial charge in [0.15, 0.2) is 0 Å². The second kappa shape index (κ2) is 3.82. The van der Waals surface area contributed by atoms with Crippen LogP contribution in [0.25, 0.3) is 20.8 Å². The van der Waals surface area contributed by atoms with Crippen LogP contribution in [-0.4, -0.2) is 9.97 Å². The maximum atomic E-state index is 5.76. The first-order chi connectivity index (χ1) is 8.22. The van der Waals surface area contributed by atoms with Crippen LogP contribution in [0.2, 0.25) is 0 Å². The summed E-state index contributed by atoms with van der Waals surface area (Å²) in [6.45, 7) is 1.98. The summed E-state index contributed by atoms with van der Waals surface area (Å²) in [7, 11) is 0. The number of thiazole rings is 1. The Balaban J connectivity index is 2.14. The Morgan fingerprint density at radius 2 is 2.06 bits per heavy atom. The zero-order chi connectivity index (χ0) is 11.8. The zero-order valence-corrected chi connectivity index (χ0v) is 10.2. The molecule has 0 atom stereocenters. The first-order valence-corrected chi connectivity index (χ1v) is 6.13. The summed E-state index contributed by atoms with van der Waals surface area (Å²) in [5.74, 6) is 0. The Labute approximate surface area is 103 Å².